The van der Waals surface area contributed by atoms with Crippen LogP contribution in [0.4, 0.5) is 0 Å². The van der Waals surface area contributed by atoms with E-state index in [4.69, 9.17) is 9.26 Å². The second-order valence-corrected chi connectivity index (χ2v) is 7.52. The first-order valence-corrected chi connectivity index (χ1v) is 9.41. The third kappa shape index (κ3) is 3.10. The number of rotatable bonds is 3. The summed E-state index contributed by atoms with van der Waals surface area (Å²) in [5.74, 6) is 0.391. The minimum absolute atomic E-state index is 0.0436. The molecule has 1 amide bonds. The lowest BCUT2D eigenvalue weighted by Crippen LogP contribution is -2.46. The normalized spacial score (nSPS) is 24.0. The van der Waals surface area contributed by atoms with Gasteiger partial charge in [0.15, 0.2) is 0 Å². The van der Waals surface area contributed by atoms with Crippen molar-refractivity contribution in [2.24, 2.45) is 5.92 Å². The van der Waals surface area contributed by atoms with Gasteiger partial charge in [0, 0.05) is 31.2 Å². The van der Waals surface area contributed by atoms with Crippen LogP contribution in [0.2, 0.25) is 0 Å². The van der Waals surface area contributed by atoms with Gasteiger partial charge in [-0.2, -0.15) is 0 Å². The Labute approximate surface area is 153 Å². The van der Waals surface area contributed by atoms with Crippen molar-refractivity contribution >= 4 is 17.0 Å². The highest BCUT2D eigenvalue weighted by Gasteiger charge is 2.35. The maximum absolute atomic E-state index is 13.4. The van der Waals surface area contributed by atoms with E-state index in [1.165, 1.54) is 0 Å². The molecule has 0 aliphatic carbocycles. The van der Waals surface area contributed by atoms with Gasteiger partial charge in [-0.25, -0.2) is 4.98 Å². The summed E-state index contributed by atoms with van der Waals surface area (Å²) >= 11 is 0. The number of aryl methyl sites for hydroxylation is 2. The van der Waals surface area contributed by atoms with Crippen LogP contribution in [0.15, 0.2) is 10.6 Å². The molecule has 26 heavy (non-hydrogen) atoms. The minimum Gasteiger partial charge on any atom is -0.379 e. The van der Waals surface area contributed by atoms with Gasteiger partial charge in [0.05, 0.1) is 35.9 Å². The Morgan fingerprint density at radius 2 is 2.12 bits per heavy atom. The molecule has 4 heterocycles. The fourth-order valence-electron chi connectivity index (χ4n) is 4.21. The number of fused-ring (bicyclic) bond motifs is 4. The second kappa shape index (κ2) is 6.96. The lowest BCUT2D eigenvalue weighted by atomic mass is 10.1. The standard InChI is InChI=1S/C19H26N4O3/c1-4-5-22-7-14-8-23(9-15(22)11-25-10-14)19(24)16-6-12(2)20-18-17(16)13(3)21-26-18/h6,14-15H,4-5,7-11H2,1-3H3/t14-,15+/m1/s1. The number of pyridine rings is 1. The highest BCUT2D eigenvalue weighted by Crippen LogP contribution is 2.26. The molecule has 2 aliphatic heterocycles. The van der Waals surface area contributed by atoms with E-state index >= 15 is 0 Å². The van der Waals surface area contributed by atoms with Crippen molar-refractivity contribution in [3.05, 3.63) is 23.0 Å². The Kier molecular flexibility index (Phi) is 4.67. The topological polar surface area (TPSA) is 71.7 Å². The minimum atomic E-state index is 0.0436. The zero-order valence-corrected chi connectivity index (χ0v) is 15.7. The van der Waals surface area contributed by atoms with E-state index in [1.807, 2.05) is 24.8 Å². The Morgan fingerprint density at radius 1 is 1.27 bits per heavy atom. The maximum Gasteiger partial charge on any atom is 0.258 e. The smallest absolute Gasteiger partial charge is 0.258 e. The monoisotopic (exact) mass is 358 g/mol. The number of hydrogen-bond donors (Lipinski definition) is 0. The third-order valence-electron chi connectivity index (χ3n) is 5.36. The molecule has 140 valence electrons. The zero-order chi connectivity index (χ0) is 18.3. The summed E-state index contributed by atoms with van der Waals surface area (Å²) in [4.78, 5) is 22.3. The SMILES string of the molecule is CCCN1C[C@H]2COC[C@@H]1CN(C(=O)c1cc(C)nc3onc(C)c13)C2. The van der Waals surface area contributed by atoms with E-state index in [-0.39, 0.29) is 11.9 Å². The van der Waals surface area contributed by atoms with Crippen molar-refractivity contribution in [3.8, 4) is 0 Å². The van der Waals surface area contributed by atoms with Crippen LogP contribution in [0, 0.1) is 19.8 Å². The summed E-state index contributed by atoms with van der Waals surface area (Å²) in [6.45, 7) is 10.8. The van der Waals surface area contributed by atoms with Gasteiger partial charge in [0.2, 0.25) is 0 Å². The van der Waals surface area contributed by atoms with Crippen LogP contribution in [-0.2, 0) is 4.74 Å². The largest absolute Gasteiger partial charge is 0.379 e. The summed E-state index contributed by atoms with van der Waals surface area (Å²) in [6.07, 6.45) is 1.11. The zero-order valence-electron chi connectivity index (χ0n) is 15.7. The molecule has 0 aromatic carbocycles. The van der Waals surface area contributed by atoms with Crippen molar-refractivity contribution in [3.63, 3.8) is 0 Å². The summed E-state index contributed by atoms with van der Waals surface area (Å²) < 4.78 is 11.1. The van der Waals surface area contributed by atoms with Crippen LogP contribution in [0.5, 0.6) is 0 Å². The van der Waals surface area contributed by atoms with Gasteiger partial charge in [0.25, 0.3) is 11.6 Å². The molecule has 2 aliphatic rings. The Balaban J connectivity index is 1.68. The molecular weight excluding hydrogens is 332 g/mol. The van der Waals surface area contributed by atoms with Crippen LogP contribution >= 0.6 is 0 Å². The highest BCUT2D eigenvalue weighted by atomic mass is 16.5. The third-order valence-corrected chi connectivity index (χ3v) is 5.36. The first-order chi connectivity index (χ1) is 12.6. The lowest BCUT2D eigenvalue weighted by molar-refractivity contribution is 0.0414. The van der Waals surface area contributed by atoms with Gasteiger partial charge in [-0.3, -0.25) is 9.69 Å². The van der Waals surface area contributed by atoms with Crippen molar-refractivity contribution in [1.29, 1.82) is 0 Å². The highest BCUT2D eigenvalue weighted by molar-refractivity contribution is 6.06. The Hall–Kier alpha value is -1.99. The molecule has 2 aromatic rings. The first-order valence-electron chi connectivity index (χ1n) is 9.41. The Bertz CT molecular complexity index is 818. The van der Waals surface area contributed by atoms with Crippen LogP contribution in [0.1, 0.15) is 35.1 Å². The number of aromatic nitrogens is 2. The number of ether oxygens (including phenoxy) is 1. The van der Waals surface area contributed by atoms with Gasteiger partial charge >= 0.3 is 0 Å². The number of carbonyl (C=O) groups excluding carboxylic acids is 1. The van der Waals surface area contributed by atoms with E-state index in [1.54, 1.807) is 0 Å². The molecule has 0 N–H and O–H groups in total. The van der Waals surface area contributed by atoms with E-state index in [0.29, 0.717) is 36.0 Å². The predicted molar refractivity (Wildman–Crippen MR) is 97.1 cm³/mol. The molecule has 0 spiro atoms. The molecule has 0 radical (unpaired) electrons. The second-order valence-electron chi connectivity index (χ2n) is 7.52. The van der Waals surface area contributed by atoms with E-state index in [9.17, 15) is 4.79 Å². The van der Waals surface area contributed by atoms with Crippen molar-refractivity contribution in [1.82, 2.24) is 19.9 Å². The van der Waals surface area contributed by atoms with Crippen molar-refractivity contribution < 1.29 is 14.1 Å². The van der Waals surface area contributed by atoms with Gasteiger partial charge < -0.3 is 14.2 Å². The first kappa shape index (κ1) is 17.4. The lowest BCUT2D eigenvalue weighted by Gasteiger charge is -2.31. The van der Waals surface area contributed by atoms with E-state index in [0.717, 1.165) is 43.7 Å². The maximum atomic E-state index is 13.4. The van der Waals surface area contributed by atoms with E-state index in [2.05, 4.69) is 22.0 Å². The van der Waals surface area contributed by atoms with Gasteiger partial charge in [-0.15, -0.1) is 0 Å². The predicted octanol–water partition coefficient (Wildman–Crippen LogP) is 2.02. The number of hydrogen-bond acceptors (Lipinski definition) is 6. The molecular formula is C19H26N4O3. The van der Waals surface area contributed by atoms with Crippen LogP contribution in [0.3, 0.4) is 0 Å². The summed E-state index contributed by atoms with van der Waals surface area (Å²) in [6, 6.07) is 2.11. The molecule has 0 unspecified atom stereocenters. The average Bonchev–Trinajstić information content (AvgIpc) is 2.77. The molecule has 2 fully saturated rings. The molecule has 7 nitrogen and oxygen atoms in total. The molecule has 2 bridgehead atoms. The molecule has 7 heteroatoms. The summed E-state index contributed by atoms with van der Waals surface area (Å²) in [7, 11) is 0. The molecule has 2 saturated heterocycles. The van der Waals surface area contributed by atoms with Crippen LogP contribution in [-0.4, -0.2) is 71.3 Å². The van der Waals surface area contributed by atoms with Gasteiger partial charge in [0.1, 0.15) is 0 Å². The molecule has 4 rings (SSSR count). The van der Waals surface area contributed by atoms with Crippen LogP contribution < -0.4 is 0 Å². The fraction of sp³-hybridized carbons (Fsp3) is 0.632. The quantitative estimate of drug-likeness (QED) is 0.836. The summed E-state index contributed by atoms with van der Waals surface area (Å²) in [5, 5.41) is 4.73. The van der Waals surface area contributed by atoms with Gasteiger partial charge in [-0.05, 0) is 32.9 Å². The summed E-state index contributed by atoms with van der Waals surface area (Å²) in [5.41, 5.74) is 2.57. The number of amides is 1. The van der Waals surface area contributed by atoms with Crippen molar-refractivity contribution in [2.45, 2.75) is 33.2 Å². The molecule has 2 aromatic heterocycles. The average molecular weight is 358 g/mol. The Morgan fingerprint density at radius 3 is 2.92 bits per heavy atom. The fourth-order valence-corrected chi connectivity index (χ4v) is 4.21. The van der Waals surface area contributed by atoms with E-state index < -0.39 is 0 Å². The number of nitrogens with zero attached hydrogens (tertiary/aromatic N) is 4. The number of carbonyl (C=O) groups is 1. The van der Waals surface area contributed by atoms with Gasteiger partial charge in [-0.1, -0.05) is 12.1 Å². The molecule has 2 atom stereocenters. The van der Waals surface area contributed by atoms with Crippen LogP contribution in [0.25, 0.3) is 11.1 Å². The van der Waals surface area contributed by atoms with Crippen molar-refractivity contribution in [2.75, 3.05) is 39.4 Å². The molecule has 0 saturated carbocycles.